The Morgan fingerprint density at radius 3 is 2.67 bits per heavy atom. The van der Waals surface area contributed by atoms with Crippen LogP contribution in [0.2, 0.25) is 0 Å². The van der Waals surface area contributed by atoms with Crippen molar-refractivity contribution in [3.05, 3.63) is 70.8 Å². The average molecular weight is 390 g/mol. The number of carbonyl (C=O) groups is 1. The van der Waals surface area contributed by atoms with E-state index in [9.17, 15) is 9.90 Å². The van der Waals surface area contributed by atoms with Crippen LogP contribution in [0.15, 0.2) is 48.5 Å². The predicted molar refractivity (Wildman–Crippen MR) is 107 cm³/mol. The largest absolute Gasteiger partial charge is 0.488 e. The third-order valence-electron chi connectivity index (χ3n) is 4.46. The Labute approximate surface area is 165 Å². The topological polar surface area (TPSA) is 70.0 Å². The summed E-state index contributed by atoms with van der Waals surface area (Å²) < 4.78 is 5.95. The summed E-state index contributed by atoms with van der Waals surface area (Å²) >= 11 is 0. The predicted octanol–water partition coefficient (Wildman–Crippen LogP) is 3.50. The number of hydrogen-bond acceptors (Lipinski definition) is 4. The number of nitrogens with zero attached hydrogens (tertiary/aromatic N) is 1. The minimum Gasteiger partial charge on any atom is -0.488 e. The third kappa shape index (κ3) is 4.69. The number of hydrogen-bond donors (Lipinski definition) is 2. The molecule has 0 spiro atoms. The number of aliphatic carboxylic acids is 1. The van der Waals surface area contributed by atoms with Gasteiger partial charge in [0.25, 0.3) is 0 Å². The van der Waals surface area contributed by atoms with Crippen LogP contribution in [0.25, 0.3) is 5.57 Å². The van der Waals surface area contributed by atoms with Gasteiger partial charge in [0.1, 0.15) is 12.4 Å². The van der Waals surface area contributed by atoms with E-state index in [1.807, 2.05) is 32.3 Å². The van der Waals surface area contributed by atoms with Gasteiger partial charge in [-0.3, -0.25) is 0 Å². The van der Waals surface area contributed by atoms with E-state index in [4.69, 9.17) is 9.84 Å². The van der Waals surface area contributed by atoms with Gasteiger partial charge < -0.3 is 19.8 Å². The molecule has 1 atom stereocenters. The van der Waals surface area contributed by atoms with Crippen molar-refractivity contribution in [2.24, 2.45) is 0 Å². The van der Waals surface area contributed by atoms with Crippen LogP contribution in [0, 0.1) is 0 Å². The van der Waals surface area contributed by atoms with Crippen LogP contribution >= 0.6 is 12.4 Å². The Balaban J connectivity index is 0.00000261. The van der Waals surface area contributed by atoms with Crippen LogP contribution in [0.3, 0.4) is 0 Å². The highest BCUT2D eigenvalue weighted by Crippen LogP contribution is 2.38. The van der Waals surface area contributed by atoms with Crippen molar-refractivity contribution in [1.82, 2.24) is 4.90 Å². The van der Waals surface area contributed by atoms with Gasteiger partial charge in [0, 0.05) is 12.1 Å². The SMILES string of the molecule is CN(C)CCC=C1c2ccccc2COc2ccc(C(O)C(=O)O)cc21.Cl. The molecule has 0 aliphatic carbocycles. The molecule has 144 valence electrons. The van der Waals surface area contributed by atoms with Gasteiger partial charge in [0.2, 0.25) is 0 Å². The number of rotatable bonds is 5. The van der Waals surface area contributed by atoms with Crippen molar-refractivity contribution in [3.63, 3.8) is 0 Å². The van der Waals surface area contributed by atoms with Crippen LogP contribution in [-0.4, -0.2) is 41.7 Å². The van der Waals surface area contributed by atoms with E-state index >= 15 is 0 Å². The normalized spacial score (nSPS) is 15.2. The lowest BCUT2D eigenvalue weighted by Crippen LogP contribution is -2.12. The molecule has 2 aromatic rings. The van der Waals surface area contributed by atoms with Crippen LogP contribution < -0.4 is 4.74 Å². The van der Waals surface area contributed by atoms with E-state index in [1.165, 1.54) is 0 Å². The molecule has 0 amide bonds. The monoisotopic (exact) mass is 389 g/mol. The minimum atomic E-state index is -1.55. The lowest BCUT2D eigenvalue weighted by Gasteiger charge is -2.14. The Kier molecular flexibility index (Phi) is 7.02. The molecule has 1 aliphatic heterocycles. The van der Waals surface area contributed by atoms with E-state index in [0.29, 0.717) is 17.9 Å². The minimum absolute atomic E-state index is 0. The first kappa shape index (κ1) is 21.0. The van der Waals surface area contributed by atoms with Crippen molar-refractivity contribution in [1.29, 1.82) is 0 Å². The Morgan fingerprint density at radius 2 is 1.96 bits per heavy atom. The van der Waals surface area contributed by atoms with Gasteiger partial charge in [-0.25, -0.2) is 4.79 Å². The highest BCUT2D eigenvalue weighted by atomic mass is 35.5. The average Bonchev–Trinajstić information content (AvgIpc) is 2.78. The highest BCUT2D eigenvalue weighted by molar-refractivity contribution is 5.86. The summed E-state index contributed by atoms with van der Waals surface area (Å²) in [7, 11) is 4.05. The molecule has 27 heavy (non-hydrogen) atoms. The molecule has 0 saturated heterocycles. The summed E-state index contributed by atoms with van der Waals surface area (Å²) in [5, 5.41) is 19.1. The van der Waals surface area contributed by atoms with Gasteiger partial charge in [-0.05, 0) is 54.9 Å². The first-order valence-corrected chi connectivity index (χ1v) is 8.58. The Hall–Kier alpha value is -2.34. The summed E-state index contributed by atoms with van der Waals surface area (Å²) in [6.07, 6.45) is 1.45. The molecule has 5 nitrogen and oxygen atoms in total. The molecule has 0 saturated carbocycles. The Bertz CT molecular complexity index is 848. The van der Waals surface area contributed by atoms with Crippen LogP contribution in [0.1, 0.15) is 34.8 Å². The molecule has 0 fully saturated rings. The molecule has 2 N–H and O–H groups in total. The van der Waals surface area contributed by atoms with E-state index < -0.39 is 12.1 Å². The molecule has 1 heterocycles. The van der Waals surface area contributed by atoms with Crippen molar-refractivity contribution in [2.75, 3.05) is 20.6 Å². The molecule has 1 unspecified atom stereocenters. The summed E-state index contributed by atoms with van der Waals surface area (Å²) in [5.41, 5.74) is 4.32. The first-order chi connectivity index (χ1) is 12.5. The van der Waals surface area contributed by atoms with E-state index in [0.717, 1.165) is 35.2 Å². The highest BCUT2D eigenvalue weighted by Gasteiger charge is 2.22. The van der Waals surface area contributed by atoms with Gasteiger partial charge in [-0.15, -0.1) is 12.4 Å². The number of fused-ring (bicyclic) bond motifs is 2. The zero-order valence-electron chi connectivity index (χ0n) is 15.4. The summed E-state index contributed by atoms with van der Waals surface area (Å²) in [4.78, 5) is 13.3. The third-order valence-corrected chi connectivity index (χ3v) is 4.46. The first-order valence-electron chi connectivity index (χ1n) is 8.58. The second-order valence-corrected chi connectivity index (χ2v) is 6.65. The fourth-order valence-electron chi connectivity index (χ4n) is 3.09. The summed E-state index contributed by atoms with van der Waals surface area (Å²) in [6.45, 7) is 1.36. The number of ether oxygens (including phenoxy) is 1. The van der Waals surface area contributed by atoms with Crippen LogP contribution in [0.5, 0.6) is 5.75 Å². The van der Waals surface area contributed by atoms with Crippen molar-refractivity contribution >= 4 is 23.9 Å². The van der Waals surface area contributed by atoms with Gasteiger partial charge in [-0.2, -0.15) is 0 Å². The molecule has 0 aromatic heterocycles. The fraction of sp³-hybridized carbons (Fsp3) is 0.286. The second kappa shape index (κ2) is 9.04. The quantitative estimate of drug-likeness (QED) is 0.819. The number of benzene rings is 2. The van der Waals surface area contributed by atoms with Crippen molar-refractivity contribution in [2.45, 2.75) is 19.1 Å². The number of aliphatic hydroxyl groups excluding tert-OH is 1. The van der Waals surface area contributed by atoms with E-state index in [1.54, 1.807) is 18.2 Å². The summed E-state index contributed by atoms with van der Waals surface area (Å²) in [6, 6.07) is 13.1. The molecular formula is C21H24ClNO4. The smallest absolute Gasteiger partial charge is 0.337 e. The van der Waals surface area contributed by atoms with Crippen LogP contribution in [0.4, 0.5) is 0 Å². The van der Waals surface area contributed by atoms with Gasteiger partial charge in [0.05, 0.1) is 0 Å². The Morgan fingerprint density at radius 1 is 1.22 bits per heavy atom. The molecule has 0 radical (unpaired) electrons. The van der Waals surface area contributed by atoms with Gasteiger partial charge in [0.15, 0.2) is 6.10 Å². The maximum absolute atomic E-state index is 11.2. The molecule has 0 bridgehead atoms. The number of halogens is 1. The fourth-order valence-corrected chi connectivity index (χ4v) is 3.09. The summed E-state index contributed by atoms with van der Waals surface area (Å²) in [5.74, 6) is -0.573. The zero-order valence-corrected chi connectivity index (χ0v) is 16.2. The number of carboxylic acid groups (broad SMARTS) is 1. The second-order valence-electron chi connectivity index (χ2n) is 6.65. The number of carboxylic acids is 1. The number of aliphatic hydroxyl groups is 1. The molecule has 6 heteroatoms. The van der Waals surface area contributed by atoms with E-state index in [-0.39, 0.29) is 12.4 Å². The molecule has 1 aliphatic rings. The lowest BCUT2D eigenvalue weighted by atomic mass is 9.92. The molecule has 3 rings (SSSR count). The van der Waals surface area contributed by atoms with Crippen LogP contribution in [-0.2, 0) is 11.4 Å². The van der Waals surface area contributed by atoms with Gasteiger partial charge in [-0.1, -0.05) is 36.4 Å². The zero-order chi connectivity index (χ0) is 18.7. The standard InChI is InChI=1S/C21H23NO4.ClH/c1-22(2)11-5-8-17-16-7-4-3-6-15(16)13-26-19-10-9-14(12-18(17)19)20(23)21(24)25;/h3-4,6-10,12,20,23H,5,11,13H2,1-2H3,(H,24,25);1H. The lowest BCUT2D eigenvalue weighted by molar-refractivity contribution is -0.146. The maximum Gasteiger partial charge on any atom is 0.337 e. The maximum atomic E-state index is 11.2. The molecular weight excluding hydrogens is 366 g/mol. The van der Waals surface area contributed by atoms with E-state index in [2.05, 4.69) is 17.0 Å². The molecule has 2 aromatic carbocycles. The van der Waals surface area contributed by atoms with Crippen molar-refractivity contribution < 1.29 is 19.7 Å². The van der Waals surface area contributed by atoms with Gasteiger partial charge >= 0.3 is 5.97 Å². The van der Waals surface area contributed by atoms with Crippen molar-refractivity contribution in [3.8, 4) is 5.75 Å².